The molecule has 7 nitrogen and oxygen atoms in total. The lowest BCUT2D eigenvalue weighted by Crippen LogP contribution is -2.22. The zero-order valence-corrected chi connectivity index (χ0v) is 16.2. The lowest BCUT2D eigenvalue weighted by molar-refractivity contribution is 0.170. The minimum Gasteiger partial charge on any atom is -0.453 e. The maximum atomic E-state index is 13.1. The smallest absolute Gasteiger partial charge is 0.407 e. The molecule has 3 rings (SSSR count). The molecule has 0 aliphatic heterocycles. The third-order valence-corrected chi connectivity index (χ3v) is 6.18. The summed E-state index contributed by atoms with van der Waals surface area (Å²) in [7, 11) is -2.55. The number of rotatable bonds is 5. The van der Waals surface area contributed by atoms with E-state index in [-0.39, 0.29) is 11.4 Å². The van der Waals surface area contributed by atoms with Gasteiger partial charge in [0.1, 0.15) is 4.90 Å². The average molecular weight is 438 g/mol. The number of nitrogens with one attached hydrogen (secondary N) is 1. The van der Waals surface area contributed by atoms with Crippen molar-refractivity contribution in [2.45, 2.75) is 16.8 Å². The van der Waals surface area contributed by atoms with Crippen molar-refractivity contribution in [2.24, 2.45) is 0 Å². The van der Waals surface area contributed by atoms with Gasteiger partial charge in [0.2, 0.25) is 0 Å². The molecule has 3 aromatic rings. The van der Waals surface area contributed by atoms with Crippen molar-refractivity contribution >= 4 is 42.9 Å². The highest BCUT2D eigenvalue weighted by molar-refractivity contribution is 9.08. The van der Waals surface area contributed by atoms with Crippen LogP contribution in [0.5, 0.6) is 0 Å². The Morgan fingerprint density at radius 3 is 2.81 bits per heavy atom. The van der Waals surface area contributed by atoms with E-state index >= 15 is 0 Å². The first kappa shape index (κ1) is 18.4. The number of alkyl halides is 1. The monoisotopic (exact) mass is 437 g/mol. The van der Waals surface area contributed by atoms with E-state index in [0.29, 0.717) is 16.4 Å². The molecule has 0 atom stereocenters. The summed E-state index contributed by atoms with van der Waals surface area (Å²) in [4.78, 5) is 15.4. The lowest BCUT2D eigenvalue weighted by Gasteiger charge is -2.07. The quantitative estimate of drug-likeness (QED) is 0.619. The van der Waals surface area contributed by atoms with E-state index < -0.39 is 16.1 Å². The maximum absolute atomic E-state index is 13.1. The van der Waals surface area contributed by atoms with E-state index in [9.17, 15) is 13.2 Å². The third-order valence-electron chi connectivity index (χ3n) is 3.87. The van der Waals surface area contributed by atoms with Crippen molar-refractivity contribution in [3.8, 4) is 0 Å². The van der Waals surface area contributed by atoms with Gasteiger partial charge in [-0.25, -0.2) is 17.2 Å². The van der Waals surface area contributed by atoms with E-state index in [1.807, 2.05) is 12.1 Å². The maximum Gasteiger partial charge on any atom is 0.407 e. The topological polar surface area (TPSA) is 90.3 Å². The highest BCUT2D eigenvalue weighted by Gasteiger charge is 2.22. The Morgan fingerprint density at radius 2 is 2.15 bits per heavy atom. The molecule has 1 amide bonds. The minimum absolute atomic E-state index is 0.0913. The van der Waals surface area contributed by atoms with Crippen molar-refractivity contribution in [3.63, 3.8) is 0 Å². The summed E-state index contributed by atoms with van der Waals surface area (Å²) < 4.78 is 31.9. The number of carbonyl (C=O) groups is 1. The third kappa shape index (κ3) is 3.45. The second kappa shape index (κ2) is 7.46. The minimum atomic E-state index is -3.82. The van der Waals surface area contributed by atoms with Crippen molar-refractivity contribution in [2.75, 3.05) is 7.11 Å². The number of benzene rings is 1. The second-order valence-corrected chi connectivity index (χ2v) is 7.85. The summed E-state index contributed by atoms with van der Waals surface area (Å²) in [6.45, 7) is 0.145. The van der Waals surface area contributed by atoms with E-state index in [1.54, 1.807) is 12.1 Å². The zero-order chi connectivity index (χ0) is 18.7. The van der Waals surface area contributed by atoms with E-state index in [1.165, 1.54) is 35.7 Å². The zero-order valence-electron chi connectivity index (χ0n) is 13.8. The van der Waals surface area contributed by atoms with Crippen LogP contribution in [0.2, 0.25) is 0 Å². The van der Waals surface area contributed by atoms with Crippen LogP contribution in [0.3, 0.4) is 0 Å². The number of pyridine rings is 1. The Kier molecular flexibility index (Phi) is 5.28. The molecule has 1 N–H and O–H groups in total. The number of ether oxygens (including phenoxy) is 1. The molecular weight excluding hydrogens is 422 g/mol. The Balaban J connectivity index is 2.16. The van der Waals surface area contributed by atoms with Crippen LogP contribution in [0.1, 0.15) is 11.1 Å². The number of halogens is 1. The van der Waals surface area contributed by atoms with Crippen molar-refractivity contribution in [3.05, 3.63) is 60.0 Å². The van der Waals surface area contributed by atoms with Crippen molar-refractivity contribution in [1.82, 2.24) is 14.3 Å². The number of fused-ring (bicyclic) bond motifs is 1. The molecule has 0 radical (unpaired) electrons. The van der Waals surface area contributed by atoms with Gasteiger partial charge in [0, 0.05) is 35.9 Å². The molecule has 2 aromatic heterocycles. The molecule has 0 bridgehead atoms. The molecule has 0 aliphatic rings. The molecule has 136 valence electrons. The molecule has 0 saturated carbocycles. The van der Waals surface area contributed by atoms with Gasteiger partial charge >= 0.3 is 6.09 Å². The Bertz CT molecular complexity index is 1050. The van der Waals surface area contributed by atoms with Crippen LogP contribution in [0.25, 0.3) is 10.9 Å². The summed E-state index contributed by atoms with van der Waals surface area (Å²) in [5, 5.41) is 3.91. The normalized spacial score (nSPS) is 11.5. The highest BCUT2D eigenvalue weighted by atomic mass is 79.9. The van der Waals surface area contributed by atoms with Crippen LogP contribution in [0, 0.1) is 0 Å². The number of amides is 1. The first-order chi connectivity index (χ1) is 12.5. The molecule has 0 fully saturated rings. The van der Waals surface area contributed by atoms with Crippen molar-refractivity contribution in [1.29, 1.82) is 0 Å². The summed E-state index contributed by atoms with van der Waals surface area (Å²) in [5.74, 6) is 0. The molecule has 0 aliphatic carbocycles. The van der Waals surface area contributed by atoms with Gasteiger partial charge in [-0.05, 0) is 29.3 Å². The first-order valence-electron chi connectivity index (χ1n) is 7.63. The SMILES string of the molecule is COC(=O)NCc1cn(S(=O)(=O)c2cccnc2)c2cc(CBr)ccc12. The van der Waals surface area contributed by atoms with Gasteiger partial charge in [-0.2, -0.15) is 0 Å². The van der Waals surface area contributed by atoms with Crippen LogP contribution in [0.4, 0.5) is 4.79 Å². The molecule has 9 heteroatoms. The van der Waals surface area contributed by atoms with Crippen LogP contribution < -0.4 is 5.32 Å². The van der Waals surface area contributed by atoms with Gasteiger partial charge in [0.05, 0.1) is 12.6 Å². The fraction of sp³-hybridized carbons (Fsp3) is 0.176. The Hall–Kier alpha value is -2.39. The number of hydrogen-bond donors (Lipinski definition) is 1. The number of methoxy groups -OCH3 is 1. The van der Waals surface area contributed by atoms with Gasteiger partial charge in [-0.1, -0.05) is 28.1 Å². The van der Waals surface area contributed by atoms with Gasteiger partial charge in [-0.15, -0.1) is 0 Å². The number of alkyl carbamates (subject to hydrolysis) is 1. The summed E-state index contributed by atoms with van der Waals surface area (Å²) >= 11 is 3.39. The van der Waals surface area contributed by atoms with Gasteiger partial charge < -0.3 is 10.1 Å². The summed E-state index contributed by atoms with van der Waals surface area (Å²) in [6.07, 6.45) is 3.75. The van der Waals surface area contributed by atoms with Crippen LogP contribution in [-0.2, 0) is 26.6 Å². The fourth-order valence-corrected chi connectivity index (χ4v) is 4.28. The fourth-order valence-electron chi connectivity index (χ4n) is 2.59. The number of carbonyl (C=O) groups excluding carboxylic acids is 1. The van der Waals surface area contributed by atoms with Crippen LogP contribution >= 0.6 is 15.9 Å². The van der Waals surface area contributed by atoms with Crippen LogP contribution in [-0.4, -0.2) is 30.6 Å². The van der Waals surface area contributed by atoms with Gasteiger partial charge in [0.25, 0.3) is 10.0 Å². The standard InChI is InChI=1S/C17H16BrN3O4S/c1-25-17(22)20-9-13-11-21(16-7-12(8-18)4-5-15(13)16)26(23,24)14-3-2-6-19-10-14/h2-7,10-11H,8-9H2,1H3,(H,20,22). The van der Waals surface area contributed by atoms with E-state index in [2.05, 4.69) is 31.0 Å². The summed E-state index contributed by atoms with van der Waals surface area (Å²) in [5.41, 5.74) is 2.14. The molecule has 2 heterocycles. The molecule has 26 heavy (non-hydrogen) atoms. The molecule has 1 aromatic carbocycles. The van der Waals surface area contributed by atoms with Crippen molar-refractivity contribution < 1.29 is 17.9 Å². The molecule has 0 spiro atoms. The van der Waals surface area contributed by atoms with Gasteiger partial charge in [-0.3, -0.25) is 4.98 Å². The van der Waals surface area contributed by atoms with Gasteiger partial charge in [0.15, 0.2) is 0 Å². The Morgan fingerprint density at radius 1 is 1.35 bits per heavy atom. The number of nitrogens with zero attached hydrogens (tertiary/aromatic N) is 2. The van der Waals surface area contributed by atoms with Crippen LogP contribution in [0.15, 0.2) is 53.8 Å². The second-order valence-electron chi connectivity index (χ2n) is 5.47. The predicted octanol–water partition coefficient (Wildman–Crippen LogP) is 3.02. The average Bonchev–Trinajstić information content (AvgIpc) is 3.05. The summed E-state index contributed by atoms with van der Waals surface area (Å²) in [6, 6.07) is 8.62. The lowest BCUT2D eigenvalue weighted by atomic mass is 10.1. The highest BCUT2D eigenvalue weighted by Crippen LogP contribution is 2.27. The largest absolute Gasteiger partial charge is 0.453 e. The molecule has 0 unspecified atom stereocenters. The van der Waals surface area contributed by atoms with E-state index in [4.69, 9.17) is 0 Å². The Labute approximate surface area is 159 Å². The molecule has 0 saturated heterocycles. The van der Waals surface area contributed by atoms with E-state index in [0.717, 1.165) is 10.9 Å². The number of hydrogen-bond acceptors (Lipinski definition) is 5. The number of aromatic nitrogens is 2. The molecular formula is C17H16BrN3O4S. The predicted molar refractivity (Wildman–Crippen MR) is 101 cm³/mol. The first-order valence-corrected chi connectivity index (χ1v) is 10.2.